The number of rotatable bonds is 7. The van der Waals surface area contributed by atoms with Gasteiger partial charge < -0.3 is 0 Å². The Morgan fingerprint density at radius 1 is 1.00 bits per heavy atom. The largest absolute Gasteiger partial charge is 0.276 e. The smallest absolute Gasteiger partial charge is 0.143 e. The van der Waals surface area contributed by atoms with Crippen molar-refractivity contribution < 1.29 is 0 Å². The second kappa shape index (κ2) is 7.29. The van der Waals surface area contributed by atoms with Gasteiger partial charge in [0.15, 0.2) is 0 Å². The van der Waals surface area contributed by atoms with Gasteiger partial charge >= 0.3 is 0 Å². The summed E-state index contributed by atoms with van der Waals surface area (Å²) < 4.78 is 0. The van der Waals surface area contributed by atoms with Crippen LogP contribution in [0.15, 0.2) is 4.99 Å². The third kappa shape index (κ3) is 6.97. The van der Waals surface area contributed by atoms with Crippen LogP contribution in [0, 0.1) is 39.9 Å². The minimum atomic E-state index is -0.664. The van der Waals surface area contributed by atoms with Gasteiger partial charge in [-0.1, -0.05) is 27.7 Å². The molecular formula is C16H27N3. The van der Waals surface area contributed by atoms with E-state index in [-0.39, 0.29) is 5.41 Å². The van der Waals surface area contributed by atoms with E-state index in [1.165, 1.54) is 0 Å². The molecule has 0 saturated carbocycles. The average Bonchev–Trinajstić information content (AvgIpc) is 2.27. The SMILES string of the molecule is CC(C)CC(C)(C#N)CC=NC(C)(C#N)CC(C)C. The van der Waals surface area contributed by atoms with Crippen LogP contribution in [0.1, 0.15) is 60.8 Å². The normalized spacial score (nSPS) is 18.0. The molecule has 3 heteroatoms. The molecule has 0 rings (SSSR count). The molecule has 0 aliphatic rings. The Morgan fingerprint density at radius 2 is 1.53 bits per heavy atom. The van der Waals surface area contributed by atoms with E-state index in [0.29, 0.717) is 18.3 Å². The van der Waals surface area contributed by atoms with Gasteiger partial charge in [-0.05, 0) is 38.5 Å². The van der Waals surface area contributed by atoms with Gasteiger partial charge in [-0.25, -0.2) is 0 Å². The molecule has 0 aromatic rings. The molecule has 0 spiro atoms. The van der Waals surface area contributed by atoms with E-state index in [1.807, 2.05) is 13.8 Å². The fourth-order valence-electron chi connectivity index (χ4n) is 2.45. The van der Waals surface area contributed by atoms with Crippen LogP contribution in [0.4, 0.5) is 0 Å². The molecule has 0 heterocycles. The fourth-order valence-corrected chi connectivity index (χ4v) is 2.45. The molecule has 0 aromatic carbocycles. The molecule has 0 aliphatic heterocycles. The van der Waals surface area contributed by atoms with E-state index in [0.717, 1.165) is 12.8 Å². The Balaban J connectivity index is 4.72. The van der Waals surface area contributed by atoms with Gasteiger partial charge in [-0.15, -0.1) is 0 Å². The van der Waals surface area contributed by atoms with Crippen LogP contribution in [0.3, 0.4) is 0 Å². The van der Waals surface area contributed by atoms with Crippen LogP contribution in [0.25, 0.3) is 0 Å². The third-order valence-corrected chi connectivity index (χ3v) is 3.09. The van der Waals surface area contributed by atoms with Crippen molar-refractivity contribution in [2.24, 2.45) is 22.2 Å². The predicted molar refractivity (Wildman–Crippen MR) is 79.8 cm³/mol. The van der Waals surface area contributed by atoms with Crippen LogP contribution in [0.5, 0.6) is 0 Å². The maximum Gasteiger partial charge on any atom is 0.143 e. The highest BCUT2D eigenvalue weighted by molar-refractivity contribution is 5.60. The van der Waals surface area contributed by atoms with Gasteiger partial charge in [0.1, 0.15) is 5.54 Å². The molecule has 0 aliphatic carbocycles. The summed E-state index contributed by atoms with van der Waals surface area (Å²) in [6.07, 6.45) is 3.98. The Kier molecular flexibility index (Phi) is 6.77. The zero-order valence-electron chi connectivity index (χ0n) is 13.2. The van der Waals surface area contributed by atoms with Crippen molar-refractivity contribution in [1.82, 2.24) is 0 Å². The van der Waals surface area contributed by atoms with Crippen molar-refractivity contribution in [3.63, 3.8) is 0 Å². The molecule has 0 bridgehead atoms. The predicted octanol–water partition coefficient (Wildman–Crippen LogP) is 4.35. The summed E-state index contributed by atoms with van der Waals surface area (Å²) in [5.41, 5.74) is -1.05. The summed E-state index contributed by atoms with van der Waals surface area (Å²) in [6.45, 7) is 12.2. The Hall–Kier alpha value is -1.35. The number of nitrogens with zero attached hydrogens (tertiary/aromatic N) is 3. The van der Waals surface area contributed by atoms with Crippen molar-refractivity contribution in [1.29, 1.82) is 10.5 Å². The maximum atomic E-state index is 9.29. The minimum Gasteiger partial charge on any atom is -0.276 e. The molecule has 0 saturated heterocycles. The van der Waals surface area contributed by atoms with Crippen LogP contribution in [-0.4, -0.2) is 11.8 Å². The lowest BCUT2D eigenvalue weighted by Gasteiger charge is -2.23. The Morgan fingerprint density at radius 3 is 1.89 bits per heavy atom. The summed E-state index contributed by atoms with van der Waals surface area (Å²) in [7, 11) is 0. The standard InChI is InChI=1S/C16H27N3/c1-13(2)9-15(5,11-17)7-8-19-16(6,12-18)10-14(3)4/h8,13-14H,7,9-10H2,1-6H3. The molecule has 0 N–H and O–H groups in total. The molecule has 2 unspecified atom stereocenters. The highest BCUT2D eigenvalue weighted by Gasteiger charge is 2.26. The number of hydrogen-bond donors (Lipinski definition) is 0. The zero-order valence-corrected chi connectivity index (χ0v) is 13.2. The second-order valence-corrected chi connectivity index (χ2v) is 6.77. The third-order valence-electron chi connectivity index (χ3n) is 3.09. The highest BCUT2D eigenvalue weighted by Crippen LogP contribution is 2.29. The van der Waals surface area contributed by atoms with Gasteiger partial charge in [-0.2, -0.15) is 10.5 Å². The van der Waals surface area contributed by atoms with Crippen LogP contribution in [0.2, 0.25) is 0 Å². The van der Waals surface area contributed by atoms with Crippen molar-refractivity contribution in [2.45, 2.75) is 66.3 Å². The number of nitriles is 2. The Labute approximate surface area is 118 Å². The molecule has 0 amide bonds. The fraction of sp³-hybridized carbons (Fsp3) is 0.812. The van der Waals surface area contributed by atoms with Gasteiger partial charge in [0.25, 0.3) is 0 Å². The molecule has 0 aromatic heterocycles. The van der Waals surface area contributed by atoms with Crippen molar-refractivity contribution in [2.75, 3.05) is 0 Å². The van der Waals surface area contributed by atoms with E-state index in [9.17, 15) is 10.5 Å². The average molecular weight is 261 g/mol. The monoisotopic (exact) mass is 261 g/mol. The van der Waals surface area contributed by atoms with Crippen LogP contribution in [-0.2, 0) is 0 Å². The van der Waals surface area contributed by atoms with E-state index in [1.54, 1.807) is 6.21 Å². The lowest BCUT2D eigenvalue weighted by molar-refractivity contribution is 0.356. The number of aliphatic imine (C=N–C) groups is 1. The maximum absolute atomic E-state index is 9.29. The summed E-state index contributed by atoms with van der Waals surface area (Å²) in [4.78, 5) is 4.42. The Bertz CT molecular complexity index is 384. The molecule has 106 valence electrons. The zero-order chi connectivity index (χ0) is 15.1. The molecule has 3 nitrogen and oxygen atoms in total. The number of hydrogen-bond acceptors (Lipinski definition) is 3. The first kappa shape index (κ1) is 17.6. The van der Waals surface area contributed by atoms with Gasteiger partial charge in [0.2, 0.25) is 0 Å². The molecule has 0 fully saturated rings. The van der Waals surface area contributed by atoms with E-state index in [2.05, 4.69) is 44.8 Å². The van der Waals surface area contributed by atoms with Gasteiger partial charge in [0, 0.05) is 12.6 Å². The lowest BCUT2D eigenvalue weighted by Crippen LogP contribution is -2.23. The first-order valence-electron chi connectivity index (χ1n) is 7.02. The van der Waals surface area contributed by atoms with E-state index >= 15 is 0 Å². The first-order chi connectivity index (χ1) is 8.66. The van der Waals surface area contributed by atoms with E-state index < -0.39 is 5.54 Å². The van der Waals surface area contributed by atoms with Gasteiger partial charge in [-0.3, -0.25) is 4.99 Å². The molecule has 0 radical (unpaired) electrons. The lowest BCUT2D eigenvalue weighted by atomic mass is 9.81. The summed E-state index contributed by atoms with van der Waals surface area (Å²) in [6, 6.07) is 4.65. The van der Waals surface area contributed by atoms with Crippen molar-refractivity contribution >= 4 is 6.21 Å². The minimum absolute atomic E-state index is 0.383. The van der Waals surface area contributed by atoms with Crippen molar-refractivity contribution in [3.05, 3.63) is 0 Å². The van der Waals surface area contributed by atoms with Crippen LogP contribution < -0.4 is 0 Å². The summed E-state index contributed by atoms with van der Waals surface area (Å²) >= 11 is 0. The highest BCUT2D eigenvalue weighted by atomic mass is 14.8. The molecule has 19 heavy (non-hydrogen) atoms. The van der Waals surface area contributed by atoms with Crippen LogP contribution >= 0.6 is 0 Å². The van der Waals surface area contributed by atoms with Crippen molar-refractivity contribution in [3.8, 4) is 12.1 Å². The quantitative estimate of drug-likeness (QED) is 0.639. The summed E-state index contributed by atoms with van der Waals surface area (Å²) in [5, 5.41) is 18.5. The van der Waals surface area contributed by atoms with Gasteiger partial charge in [0.05, 0.1) is 17.6 Å². The first-order valence-corrected chi connectivity index (χ1v) is 7.02. The molecule has 2 atom stereocenters. The topological polar surface area (TPSA) is 59.9 Å². The second-order valence-electron chi connectivity index (χ2n) is 6.77. The molecular weight excluding hydrogens is 234 g/mol. The summed E-state index contributed by atoms with van der Waals surface area (Å²) in [5.74, 6) is 0.913. The van der Waals surface area contributed by atoms with E-state index in [4.69, 9.17) is 0 Å².